The molecule has 8 nitrogen and oxygen atoms in total. The van der Waals surface area contributed by atoms with Crippen molar-refractivity contribution in [3.63, 3.8) is 0 Å². The number of aryl methyl sites for hydroxylation is 1. The number of rotatable bonds is 6. The number of esters is 1. The molecular weight excluding hydrogens is 378 g/mol. The third-order valence-electron chi connectivity index (χ3n) is 3.49. The summed E-state index contributed by atoms with van der Waals surface area (Å²) in [5.41, 5.74) is 1.29. The summed E-state index contributed by atoms with van der Waals surface area (Å²) in [7, 11) is -3.74. The molecule has 0 atom stereocenters. The molecule has 0 spiro atoms. The maximum atomic E-state index is 12.1. The Morgan fingerprint density at radius 3 is 2.88 bits per heavy atom. The van der Waals surface area contributed by atoms with Crippen LogP contribution in [0.5, 0.6) is 0 Å². The first-order valence-electron chi connectivity index (χ1n) is 7.53. The maximum Gasteiger partial charge on any atom is 0.321 e. The van der Waals surface area contributed by atoms with E-state index in [9.17, 15) is 18.0 Å². The fraction of sp³-hybridized carbons (Fsp3) is 0.188. The Balaban J connectivity index is 1.64. The van der Waals surface area contributed by atoms with E-state index < -0.39 is 22.5 Å². The number of hydrogen-bond donors (Lipinski definition) is 1. The SMILES string of the molecule is Cc1cccn2c(=O)cc(COC(=O)CNS(=O)(=O)c3cccs3)nc12. The lowest BCUT2D eigenvalue weighted by Crippen LogP contribution is -2.30. The number of nitrogens with one attached hydrogen (secondary N) is 1. The first kappa shape index (κ1) is 18.2. The molecule has 3 heterocycles. The van der Waals surface area contributed by atoms with Crippen LogP contribution in [0.15, 0.2) is 50.9 Å². The second-order valence-electron chi connectivity index (χ2n) is 5.39. The van der Waals surface area contributed by atoms with E-state index in [0.717, 1.165) is 16.9 Å². The van der Waals surface area contributed by atoms with Gasteiger partial charge in [0.2, 0.25) is 0 Å². The van der Waals surface area contributed by atoms with Gasteiger partial charge in [0.1, 0.15) is 23.0 Å². The number of carbonyl (C=O) groups is 1. The van der Waals surface area contributed by atoms with E-state index >= 15 is 0 Å². The van der Waals surface area contributed by atoms with Crippen LogP contribution in [0.1, 0.15) is 11.3 Å². The number of carbonyl (C=O) groups excluding carboxylic acids is 1. The summed E-state index contributed by atoms with van der Waals surface area (Å²) in [5.74, 6) is -0.767. The number of nitrogens with zero attached hydrogens (tertiary/aromatic N) is 2. The fourth-order valence-corrected chi connectivity index (χ4v) is 4.24. The van der Waals surface area contributed by atoms with Gasteiger partial charge in [-0.3, -0.25) is 14.0 Å². The highest BCUT2D eigenvalue weighted by Gasteiger charge is 2.17. The van der Waals surface area contributed by atoms with Crippen molar-refractivity contribution in [2.24, 2.45) is 0 Å². The van der Waals surface area contributed by atoms with Gasteiger partial charge >= 0.3 is 5.97 Å². The third kappa shape index (κ3) is 3.98. The molecule has 0 aliphatic heterocycles. The second-order valence-corrected chi connectivity index (χ2v) is 8.33. The van der Waals surface area contributed by atoms with E-state index in [-0.39, 0.29) is 16.4 Å². The molecule has 0 saturated heterocycles. The summed E-state index contributed by atoms with van der Waals surface area (Å²) in [5, 5.41) is 1.62. The van der Waals surface area contributed by atoms with Gasteiger partial charge in [-0.05, 0) is 30.0 Å². The average molecular weight is 393 g/mol. The molecule has 0 aliphatic carbocycles. The number of fused-ring (bicyclic) bond motifs is 1. The van der Waals surface area contributed by atoms with E-state index in [1.807, 2.05) is 13.0 Å². The molecule has 0 radical (unpaired) electrons. The minimum Gasteiger partial charge on any atom is -0.458 e. The summed E-state index contributed by atoms with van der Waals surface area (Å²) in [6.45, 7) is 1.09. The minimum atomic E-state index is -3.74. The number of pyridine rings is 1. The normalized spacial score (nSPS) is 11.6. The zero-order chi connectivity index (χ0) is 18.7. The summed E-state index contributed by atoms with van der Waals surface area (Å²) in [6.07, 6.45) is 1.60. The van der Waals surface area contributed by atoms with Crippen LogP contribution in [-0.2, 0) is 26.2 Å². The largest absolute Gasteiger partial charge is 0.458 e. The molecule has 0 amide bonds. The predicted octanol–water partition coefficient (Wildman–Crippen LogP) is 1.09. The van der Waals surface area contributed by atoms with Crippen molar-refractivity contribution in [2.45, 2.75) is 17.7 Å². The summed E-state index contributed by atoms with van der Waals surface area (Å²) in [4.78, 5) is 28.2. The molecule has 0 saturated carbocycles. The quantitative estimate of drug-likeness (QED) is 0.628. The molecule has 26 heavy (non-hydrogen) atoms. The molecule has 0 bridgehead atoms. The summed E-state index contributed by atoms with van der Waals surface area (Å²) in [6, 6.07) is 7.87. The lowest BCUT2D eigenvalue weighted by atomic mass is 10.3. The molecule has 0 fully saturated rings. The predicted molar refractivity (Wildman–Crippen MR) is 95.5 cm³/mol. The van der Waals surface area contributed by atoms with Gasteiger partial charge in [-0.15, -0.1) is 11.3 Å². The van der Waals surface area contributed by atoms with Crippen molar-refractivity contribution in [1.82, 2.24) is 14.1 Å². The summed E-state index contributed by atoms with van der Waals surface area (Å²) < 4.78 is 32.6. The molecule has 1 N–H and O–H groups in total. The molecule has 0 unspecified atom stereocenters. The molecule has 3 aromatic rings. The van der Waals surface area contributed by atoms with Crippen LogP contribution in [0.25, 0.3) is 5.65 Å². The topological polar surface area (TPSA) is 107 Å². The van der Waals surface area contributed by atoms with E-state index in [4.69, 9.17) is 4.74 Å². The molecule has 3 aromatic heterocycles. The highest BCUT2D eigenvalue weighted by molar-refractivity contribution is 7.91. The number of aromatic nitrogens is 2. The molecule has 3 rings (SSSR count). The second kappa shape index (κ2) is 7.36. The Bertz CT molecular complexity index is 1100. The van der Waals surface area contributed by atoms with Gasteiger partial charge in [0.15, 0.2) is 0 Å². The van der Waals surface area contributed by atoms with E-state index in [2.05, 4.69) is 9.71 Å². The highest BCUT2D eigenvalue weighted by Crippen LogP contribution is 2.15. The smallest absolute Gasteiger partial charge is 0.321 e. The van der Waals surface area contributed by atoms with E-state index in [0.29, 0.717) is 11.3 Å². The van der Waals surface area contributed by atoms with Crippen molar-refractivity contribution in [1.29, 1.82) is 0 Å². The Hall–Kier alpha value is -2.56. The van der Waals surface area contributed by atoms with Crippen LogP contribution in [-0.4, -0.2) is 30.3 Å². The minimum absolute atomic E-state index is 0.116. The Kier molecular flexibility index (Phi) is 5.16. The number of hydrogen-bond acceptors (Lipinski definition) is 7. The molecular formula is C16H15N3O5S2. The Morgan fingerprint density at radius 2 is 2.15 bits per heavy atom. The third-order valence-corrected chi connectivity index (χ3v) is 6.29. The fourth-order valence-electron chi connectivity index (χ4n) is 2.23. The monoisotopic (exact) mass is 393 g/mol. The number of sulfonamides is 1. The van der Waals surface area contributed by atoms with Gasteiger partial charge < -0.3 is 4.74 Å². The lowest BCUT2D eigenvalue weighted by Gasteiger charge is -2.08. The van der Waals surface area contributed by atoms with Crippen molar-refractivity contribution < 1.29 is 17.9 Å². The van der Waals surface area contributed by atoms with Gasteiger partial charge in [0, 0.05) is 12.3 Å². The molecule has 0 aliphatic rings. The van der Waals surface area contributed by atoms with Gasteiger partial charge in [-0.2, -0.15) is 4.72 Å². The van der Waals surface area contributed by atoms with Crippen LogP contribution in [0.4, 0.5) is 0 Å². The first-order chi connectivity index (χ1) is 12.4. The van der Waals surface area contributed by atoms with Crippen LogP contribution in [0.2, 0.25) is 0 Å². The Labute approximate surface area is 153 Å². The van der Waals surface area contributed by atoms with Crippen LogP contribution < -0.4 is 10.3 Å². The van der Waals surface area contributed by atoms with Crippen molar-refractivity contribution in [3.8, 4) is 0 Å². The maximum absolute atomic E-state index is 12.1. The van der Waals surface area contributed by atoms with Gasteiger partial charge in [0.05, 0.1) is 5.69 Å². The Morgan fingerprint density at radius 1 is 1.35 bits per heavy atom. The molecule has 10 heteroatoms. The summed E-state index contributed by atoms with van der Waals surface area (Å²) >= 11 is 1.05. The molecule has 0 aromatic carbocycles. The van der Waals surface area contributed by atoms with Crippen molar-refractivity contribution in [2.75, 3.05) is 6.54 Å². The zero-order valence-electron chi connectivity index (χ0n) is 13.7. The van der Waals surface area contributed by atoms with Crippen LogP contribution >= 0.6 is 11.3 Å². The van der Waals surface area contributed by atoms with Crippen LogP contribution in [0.3, 0.4) is 0 Å². The van der Waals surface area contributed by atoms with Crippen molar-refractivity contribution >= 4 is 33.0 Å². The van der Waals surface area contributed by atoms with Gasteiger partial charge in [0.25, 0.3) is 15.6 Å². The van der Waals surface area contributed by atoms with E-state index in [1.54, 1.807) is 23.7 Å². The van der Waals surface area contributed by atoms with Gasteiger partial charge in [-0.25, -0.2) is 13.4 Å². The highest BCUT2D eigenvalue weighted by atomic mass is 32.2. The first-order valence-corrected chi connectivity index (χ1v) is 9.90. The van der Waals surface area contributed by atoms with Crippen molar-refractivity contribution in [3.05, 3.63) is 63.5 Å². The van der Waals surface area contributed by atoms with E-state index in [1.165, 1.54) is 16.5 Å². The number of ether oxygens (including phenoxy) is 1. The van der Waals surface area contributed by atoms with Crippen LogP contribution in [0, 0.1) is 6.92 Å². The number of thiophene rings is 1. The lowest BCUT2D eigenvalue weighted by molar-refractivity contribution is -0.143. The standard InChI is InChI=1S/C16H15N3O5S2/c1-11-4-2-6-19-13(20)8-12(18-16(11)19)10-24-14(21)9-17-26(22,23)15-5-3-7-25-15/h2-8,17H,9-10H2,1H3. The zero-order valence-corrected chi connectivity index (χ0v) is 15.3. The van der Waals surface area contributed by atoms with Gasteiger partial charge in [-0.1, -0.05) is 12.1 Å². The average Bonchev–Trinajstić information content (AvgIpc) is 3.15. The molecule has 136 valence electrons.